The van der Waals surface area contributed by atoms with E-state index in [1.54, 1.807) is 12.5 Å². The molecule has 0 saturated carbocycles. The van der Waals surface area contributed by atoms with Crippen LogP contribution in [0.2, 0.25) is 0 Å². The molecule has 0 N–H and O–H groups in total. The quantitative estimate of drug-likeness (QED) is 0.522. The minimum absolute atomic E-state index is 0.625. The Morgan fingerprint density at radius 2 is 2.00 bits per heavy atom. The molecule has 0 saturated heterocycles. The summed E-state index contributed by atoms with van der Waals surface area (Å²) in [5.41, 5.74) is 4.77. The molecule has 7 heteroatoms. The number of aryl methyl sites for hydroxylation is 1. The van der Waals surface area contributed by atoms with Gasteiger partial charge in [0.1, 0.15) is 12.1 Å². The molecule has 7 nitrogen and oxygen atoms in total. The van der Waals surface area contributed by atoms with Crippen LogP contribution in [0.15, 0.2) is 47.6 Å². The van der Waals surface area contributed by atoms with Gasteiger partial charge in [0.05, 0.1) is 23.1 Å². The van der Waals surface area contributed by atoms with Crippen LogP contribution in [0, 0.1) is 6.92 Å². The molecule has 4 aromatic heterocycles. The van der Waals surface area contributed by atoms with E-state index < -0.39 is 0 Å². The van der Waals surface area contributed by atoms with Gasteiger partial charge in [0.25, 0.3) is 0 Å². The molecule has 0 amide bonds. The maximum Gasteiger partial charge on any atom is 0.191 e. The Balaban J connectivity index is 1.77. The van der Waals surface area contributed by atoms with Crippen molar-refractivity contribution in [3.63, 3.8) is 0 Å². The summed E-state index contributed by atoms with van der Waals surface area (Å²) in [6.07, 6.45) is 9.63. The van der Waals surface area contributed by atoms with Crippen molar-refractivity contribution in [3.8, 4) is 11.3 Å². The van der Waals surface area contributed by atoms with Crippen LogP contribution in [0.25, 0.3) is 16.8 Å². The summed E-state index contributed by atoms with van der Waals surface area (Å²) in [7, 11) is 0. The van der Waals surface area contributed by atoms with E-state index >= 15 is 0 Å². The largest absolute Gasteiger partial charge is 0.449 e. The summed E-state index contributed by atoms with van der Waals surface area (Å²) >= 11 is 0. The molecular formula is C20H22N6O. The maximum absolute atomic E-state index is 5.37. The maximum atomic E-state index is 5.37. The number of rotatable bonds is 6. The van der Waals surface area contributed by atoms with E-state index in [9.17, 15) is 0 Å². The Morgan fingerprint density at radius 3 is 2.67 bits per heavy atom. The second-order valence-corrected chi connectivity index (χ2v) is 6.35. The minimum Gasteiger partial charge on any atom is -0.449 e. The third-order valence-corrected chi connectivity index (χ3v) is 4.67. The molecule has 0 aliphatic rings. The van der Waals surface area contributed by atoms with Crippen LogP contribution in [-0.4, -0.2) is 37.7 Å². The van der Waals surface area contributed by atoms with E-state index in [0.29, 0.717) is 12.3 Å². The Hall–Kier alpha value is -3.22. The normalized spacial score (nSPS) is 11.2. The van der Waals surface area contributed by atoms with Gasteiger partial charge in [-0.25, -0.2) is 14.5 Å². The Labute approximate surface area is 157 Å². The fraction of sp³-hybridized carbons (Fsp3) is 0.300. The number of fused-ring (bicyclic) bond motifs is 1. The van der Waals surface area contributed by atoms with Crippen LogP contribution in [0.3, 0.4) is 0 Å². The van der Waals surface area contributed by atoms with Crippen molar-refractivity contribution in [1.29, 1.82) is 0 Å². The number of hydrogen-bond donors (Lipinski definition) is 0. The fourth-order valence-electron chi connectivity index (χ4n) is 3.29. The molecule has 0 aromatic carbocycles. The number of oxazole rings is 1. The van der Waals surface area contributed by atoms with Gasteiger partial charge in [-0.05, 0) is 26.0 Å². The first-order valence-corrected chi connectivity index (χ1v) is 9.13. The van der Waals surface area contributed by atoms with Crippen molar-refractivity contribution in [2.75, 3.05) is 18.0 Å². The van der Waals surface area contributed by atoms with Gasteiger partial charge >= 0.3 is 0 Å². The SMILES string of the molecule is CCN(CC)c1ccc(-c2nn3ccncc3c2Cc2coc(C)n2)cn1. The molecule has 0 bridgehead atoms. The van der Waals surface area contributed by atoms with E-state index in [1.165, 1.54) is 0 Å². The van der Waals surface area contributed by atoms with Crippen LogP contribution in [0.5, 0.6) is 0 Å². The second kappa shape index (κ2) is 7.19. The standard InChI is InChI=1S/C20H22N6O/c1-4-25(5-2)19-7-6-15(11-22-19)20-17(10-16-13-27-14(3)23-16)18-12-21-8-9-26(18)24-20/h6-9,11-13H,4-5,10H2,1-3H3. The van der Waals surface area contributed by atoms with Crippen LogP contribution in [0.1, 0.15) is 31.0 Å². The highest BCUT2D eigenvalue weighted by atomic mass is 16.3. The Bertz CT molecular complexity index is 1050. The van der Waals surface area contributed by atoms with Crippen molar-refractivity contribution in [2.45, 2.75) is 27.2 Å². The third kappa shape index (κ3) is 3.28. The molecule has 4 aromatic rings. The summed E-state index contributed by atoms with van der Waals surface area (Å²) in [6.45, 7) is 7.97. The summed E-state index contributed by atoms with van der Waals surface area (Å²) in [5.74, 6) is 1.63. The van der Waals surface area contributed by atoms with Gasteiger partial charge in [0.15, 0.2) is 5.89 Å². The number of aromatic nitrogens is 5. The van der Waals surface area contributed by atoms with Gasteiger partial charge in [-0.2, -0.15) is 5.10 Å². The predicted molar refractivity (Wildman–Crippen MR) is 104 cm³/mol. The van der Waals surface area contributed by atoms with Gasteiger partial charge in [0.2, 0.25) is 0 Å². The average molecular weight is 362 g/mol. The third-order valence-electron chi connectivity index (χ3n) is 4.67. The van der Waals surface area contributed by atoms with E-state index in [4.69, 9.17) is 9.52 Å². The molecule has 0 fully saturated rings. The topological polar surface area (TPSA) is 72.4 Å². The number of anilines is 1. The number of nitrogens with zero attached hydrogens (tertiary/aromatic N) is 6. The summed E-state index contributed by atoms with van der Waals surface area (Å²) < 4.78 is 7.22. The molecule has 0 unspecified atom stereocenters. The lowest BCUT2D eigenvalue weighted by Crippen LogP contribution is -2.22. The zero-order chi connectivity index (χ0) is 18.8. The lowest BCUT2D eigenvalue weighted by Gasteiger charge is -2.19. The first-order chi connectivity index (χ1) is 13.2. The molecule has 0 atom stereocenters. The van der Waals surface area contributed by atoms with Gasteiger partial charge in [-0.15, -0.1) is 0 Å². The second-order valence-electron chi connectivity index (χ2n) is 6.35. The Kier molecular flexibility index (Phi) is 4.58. The number of pyridine rings is 1. The van der Waals surface area contributed by atoms with Crippen molar-refractivity contribution in [2.24, 2.45) is 0 Å². The Morgan fingerprint density at radius 1 is 1.15 bits per heavy atom. The van der Waals surface area contributed by atoms with Gasteiger partial charge in [0, 0.05) is 56.2 Å². The summed E-state index contributed by atoms with van der Waals surface area (Å²) in [4.78, 5) is 15.6. The van der Waals surface area contributed by atoms with Crippen molar-refractivity contribution < 1.29 is 4.42 Å². The van der Waals surface area contributed by atoms with E-state index in [0.717, 1.165) is 46.9 Å². The molecular weight excluding hydrogens is 340 g/mol. The highest BCUT2D eigenvalue weighted by molar-refractivity contribution is 5.73. The lowest BCUT2D eigenvalue weighted by atomic mass is 10.0. The average Bonchev–Trinajstić information content (AvgIpc) is 3.27. The van der Waals surface area contributed by atoms with Gasteiger partial charge in [-0.1, -0.05) is 0 Å². The summed E-state index contributed by atoms with van der Waals surface area (Å²) in [6, 6.07) is 4.13. The van der Waals surface area contributed by atoms with Crippen molar-refractivity contribution in [3.05, 3.63) is 60.3 Å². The van der Waals surface area contributed by atoms with E-state index in [1.807, 2.05) is 30.0 Å². The van der Waals surface area contributed by atoms with E-state index in [2.05, 4.69) is 45.8 Å². The molecule has 0 aliphatic heterocycles. The zero-order valence-corrected chi connectivity index (χ0v) is 15.8. The molecule has 27 heavy (non-hydrogen) atoms. The van der Waals surface area contributed by atoms with Crippen LogP contribution in [0.4, 0.5) is 5.82 Å². The van der Waals surface area contributed by atoms with E-state index in [-0.39, 0.29) is 0 Å². The molecule has 138 valence electrons. The van der Waals surface area contributed by atoms with Gasteiger partial charge in [-0.3, -0.25) is 4.98 Å². The number of hydrogen-bond acceptors (Lipinski definition) is 6. The minimum atomic E-state index is 0.625. The highest BCUT2D eigenvalue weighted by Gasteiger charge is 2.17. The van der Waals surface area contributed by atoms with Crippen LogP contribution in [-0.2, 0) is 6.42 Å². The van der Waals surface area contributed by atoms with Crippen LogP contribution < -0.4 is 4.90 Å². The molecule has 0 spiro atoms. The summed E-state index contributed by atoms with van der Waals surface area (Å²) in [5, 5.41) is 4.77. The monoisotopic (exact) mass is 362 g/mol. The first-order valence-electron chi connectivity index (χ1n) is 9.13. The smallest absolute Gasteiger partial charge is 0.191 e. The predicted octanol–water partition coefficient (Wildman–Crippen LogP) is 3.52. The lowest BCUT2D eigenvalue weighted by molar-refractivity contribution is 0.520. The fourth-order valence-corrected chi connectivity index (χ4v) is 3.29. The highest BCUT2D eigenvalue weighted by Crippen LogP contribution is 2.28. The van der Waals surface area contributed by atoms with Crippen LogP contribution >= 0.6 is 0 Å². The molecule has 0 aliphatic carbocycles. The molecule has 4 heterocycles. The zero-order valence-electron chi connectivity index (χ0n) is 15.8. The van der Waals surface area contributed by atoms with Crippen molar-refractivity contribution >= 4 is 11.3 Å². The molecule has 4 rings (SSSR count). The van der Waals surface area contributed by atoms with Gasteiger partial charge < -0.3 is 9.32 Å². The first kappa shape index (κ1) is 17.2. The van der Waals surface area contributed by atoms with Crippen molar-refractivity contribution in [1.82, 2.24) is 24.6 Å². The molecule has 0 radical (unpaired) electrons.